The summed E-state index contributed by atoms with van der Waals surface area (Å²) in [5, 5.41) is 11.6. The second-order valence-electron chi connectivity index (χ2n) is 13.6. The van der Waals surface area contributed by atoms with Crippen molar-refractivity contribution in [2.45, 2.75) is 137 Å². The maximum Gasteiger partial charge on any atom is 0.0573 e. The summed E-state index contributed by atoms with van der Waals surface area (Å²) in [5.41, 5.74) is 0. The van der Waals surface area contributed by atoms with Crippen LogP contribution in [0.2, 0.25) is 0 Å². The smallest absolute Gasteiger partial charge is 0.0573 e. The zero-order valence-corrected chi connectivity index (χ0v) is 22.1. The van der Waals surface area contributed by atoms with Crippen LogP contribution in [0.3, 0.4) is 0 Å². The van der Waals surface area contributed by atoms with E-state index in [9.17, 15) is 5.11 Å². The summed E-state index contributed by atoms with van der Waals surface area (Å²) >= 11 is 0. The van der Waals surface area contributed by atoms with E-state index in [1.807, 2.05) is 0 Å². The van der Waals surface area contributed by atoms with Gasteiger partial charge in [0.05, 0.1) is 6.10 Å². The molecule has 1 N–H and O–H groups in total. The standard InChI is InChI=1S/C31H56O/c1-21(2)30-19-25(24-12-7-5-10-22(3)18-24)16-17-28(30)29-15-9-13-26(20-31(29)32)27-14-8-6-11-23(27)4/h21-32H,5-20H2,1-4H3. The van der Waals surface area contributed by atoms with Crippen molar-refractivity contribution in [3.05, 3.63) is 0 Å². The monoisotopic (exact) mass is 444 g/mol. The van der Waals surface area contributed by atoms with Crippen LogP contribution in [-0.4, -0.2) is 11.2 Å². The lowest BCUT2D eigenvalue weighted by Crippen LogP contribution is -2.40. The van der Waals surface area contributed by atoms with E-state index in [0.717, 1.165) is 59.7 Å². The second-order valence-corrected chi connectivity index (χ2v) is 13.6. The summed E-state index contributed by atoms with van der Waals surface area (Å²) in [7, 11) is 0. The lowest BCUT2D eigenvalue weighted by atomic mass is 9.60. The van der Waals surface area contributed by atoms with Crippen LogP contribution in [0.1, 0.15) is 130 Å². The molecule has 0 aromatic carbocycles. The van der Waals surface area contributed by atoms with Gasteiger partial charge in [-0.2, -0.15) is 0 Å². The molecule has 0 aliphatic heterocycles. The maximum atomic E-state index is 11.6. The van der Waals surface area contributed by atoms with Crippen molar-refractivity contribution >= 4 is 0 Å². The summed E-state index contributed by atoms with van der Waals surface area (Å²) in [6.45, 7) is 10.00. The first kappa shape index (κ1) is 25.1. The highest BCUT2D eigenvalue weighted by Gasteiger charge is 2.43. The number of aliphatic hydroxyl groups is 1. The summed E-state index contributed by atoms with van der Waals surface area (Å²) < 4.78 is 0. The Kier molecular flexibility index (Phi) is 9.08. The van der Waals surface area contributed by atoms with Crippen molar-refractivity contribution < 1.29 is 5.11 Å². The first-order valence-corrected chi connectivity index (χ1v) is 15.1. The summed E-state index contributed by atoms with van der Waals surface area (Å²) in [4.78, 5) is 0. The predicted octanol–water partition coefficient (Wildman–Crippen LogP) is 8.88. The van der Waals surface area contributed by atoms with Crippen LogP contribution in [0.5, 0.6) is 0 Å². The molecule has 4 fully saturated rings. The molecule has 32 heavy (non-hydrogen) atoms. The molecule has 4 rings (SSSR count). The molecule has 0 aromatic heterocycles. The van der Waals surface area contributed by atoms with Crippen molar-refractivity contribution in [1.29, 1.82) is 0 Å². The Balaban J connectivity index is 1.40. The first-order valence-electron chi connectivity index (χ1n) is 15.1. The Morgan fingerprint density at radius 2 is 1.22 bits per heavy atom. The van der Waals surface area contributed by atoms with E-state index in [4.69, 9.17) is 0 Å². The van der Waals surface area contributed by atoms with Crippen LogP contribution in [-0.2, 0) is 0 Å². The van der Waals surface area contributed by atoms with E-state index in [1.165, 1.54) is 96.3 Å². The van der Waals surface area contributed by atoms with Gasteiger partial charge in [0.15, 0.2) is 0 Å². The lowest BCUT2D eigenvalue weighted by molar-refractivity contribution is -0.0129. The van der Waals surface area contributed by atoms with Gasteiger partial charge in [-0.3, -0.25) is 0 Å². The van der Waals surface area contributed by atoms with Crippen LogP contribution in [0.25, 0.3) is 0 Å². The highest BCUT2D eigenvalue weighted by atomic mass is 16.3. The third-order valence-corrected chi connectivity index (χ3v) is 11.2. The van der Waals surface area contributed by atoms with Crippen molar-refractivity contribution in [3.63, 3.8) is 0 Å². The number of hydrogen-bond donors (Lipinski definition) is 1. The zero-order valence-electron chi connectivity index (χ0n) is 22.1. The van der Waals surface area contributed by atoms with E-state index in [0.29, 0.717) is 5.92 Å². The highest BCUT2D eigenvalue weighted by molar-refractivity contribution is 4.93. The zero-order chi connectivity index (χ0) is 22.7. The van der Waals surface area contributed by atoms with Gasteiger partial charge in [0, 0.05) is 0 Å². The average Bonchev–Trinajstić information content (AvgIpc) is 3.11. The summed E-state index contributed by atoms with van der Waals surface area (Å²) in [6, 6.07) is 0. The number of rotatable bonds is 4. The van der Waals surface area contributed by atoms with E-state index < -0.39 is 0 Å². The molecule has 4 saturated carbocycles. The Morgan fingerprint density at radius 3 is 2.00 bits per heavy atom. The van der Waals surface area contributed by atoms with E-state index in [-0.39, 0.29) is 6.10 Å². The minimum Gasteiger partial charge on any atom is -0.393 e. The number of aliphatic hydroxyl groups excluding tert-OH is 1. The van der Waals surface area contributed by atoms with Crippen molar-refractivity contribution in [3.8, 4) is 0 Å². The summed E-state index contributed by atoms with van der Waals surface area (Å²) in [5.74, 6) is 8.47. The molecule has 0 radical (unpaired) electrons. The van der Waals surface area contributed by atoms with E-state index in [1.54, 1.807) is 0 Å². The van der Waals surface area contributed by atoms with Gasteiger partial charge in [-0.25, -0.2) is 0 Å². The molecule has 0 aromatic rings. The summed E-state index contributed by atoms with van der Waals surface area (Å²) in [6.07, 6.45) is 22.6. The van der Waals surface area contributed by atoms with Gasteiger partial charge in [0.2, 0.25) is 0 Å². The third-order valence-electron chi connectivity index (χ3n) is 11.2. The van der Waals surface area contributed by atoms with Crippen molar-refractivity contribution in [1.82, 2.24) is 0 Å². The first-order chi connectivity index (χ1) is 15.4. The molecule has 0 bridgehead atoms. The molecule has 0 spiro atoms. The molecule has 4 aliphatic rings. The van der Waals surface area contributed by atoms with Gasteiger partial charge in [-0.1, -0.05) is 85.5 Å². The Bertz CT molecular complexity index is 555. The van der Waals surface area contributed by atoms with Gasteiger partial charge < -0.3 is 5.11 Å². The van der Waals surface area contributed by atoms with Gasteiger partial charge >= 0.3 is 0 Å². The fourth-order valence-corrected chi connectivity index (χ4v) is 9.41. The van der Waals surface area contributed by atoms with Crippen LogP contribution in [0, 0.1) is 59.2 Å². The van der Waals surface area contributed by atoms with Crippen LogP contribution < -0.4 is 0 Å². The Labute approximate surface area is 200 Å². The van der Waals surface area contributed by atoms with Crippen LogP contribution >= 0.6 is 0 Å². The Hall–Kier alpha value is -0.0400. The molecular weight excluding hydrogens is 388 g/mol. The van der Waals surface area contributed by atoms with Gasteiger partial charge in [0.25, 0.3) is 0 Å². The second kappa shape index (κ2) is 11.6. The van der Waals surface area contributed by atoms with Crippen LogP contribution in [0.4, 0.5) is 0 Å². The molecule has 4 aliphatic carbocycles. The molecule has 0 saturated heterocycles. The third kappa shape index (κ3) is 5.95. The highest BCUT2D eigenvalue weighted by Crippen LogP contribution is 2.51. The van der Waals surface area contributed by atoms with Crippen molar-refractivity contribution in [2.75, 3.05) is 0 Å². The molecule has 0 amide bonds. The molecule has 1 nitrogen and oxygen atoms in total. The topological polar surface area (TPSA) is 20.2 Å². The van der Waals surface area contributed by atoms with Gasteiger partial charge in [-0.05, 0) is 104 Å². The SMILES string of the molecule is CC1CCCCC(C2CCC(C3CCCC(C4CCCCC4C)CC3O)C(C(C)C)C2)C1. The van der Waals surface area contributed by atoms with Gasteiger partial charge in [-0.15, -0.1) is 0 Å². The largest absolute Gasteiger partial charge is 0.393 e. The number of hydrogen-bond acceptors (Lipinski definition) is 1. The van der Waals surface area contributed by atoms with E-state index in [2.05, 4.69) is 27.7 Å². The molecule has 0 heterocycles. The molecule has 1 heteroatoms. The lowest BCUT2D eigenvalue weighted by Gasteiger charge is -2.46. The molecule has 10 unspecified atom stereocenters. The van der Waals surface area contributed by atoms with Gasteiger partial charge in [0.1, 0.15) is 0 Å². The molecular formula is C31H56O. The molecule has 10 atom stereocenters. The molecule has 186 valence electrons. The minimum atomic E-state index is -0.0303. The minimum absolute atomic E-state index is 0.0303. The quantitative estimate of drug-likeness (QED) is 0.429. The normalized spacial score (nSPS) is 47.1. The average molecular weight is 445 g/mol. The Morgan fingerprint density at radius 1 is 0.562 bits per heavy atom. The predicted molar refractivity (Wildman–Crippen MR) is 137 cm³/mol. The van der Waals surface area contributed by atoms with Crippen molar-refractivity contribution in [2.24, 2.45) is 59.2 Å². The van der Waals surface area contributed by atoms with Crippen LogP contribution in [0.15, 0.2) is 0 Å². The maximum absolute atomic E-state index is 11.6. The fourth-order valence-electron chi connectivity index (χ4n) is 9.41. The fraction of sp³-hybridized carbons (Fsp3) is 1.00. The van der Waals surface area contributed by atoms with E-state index >= 15 is 0 Å².